The van der Waals surface area contributed by atoms with Crippen LogP contribution in [0.25, 0.3) is 16.9 Å². The summed E-state index contributed by atoms with van der Waals surface area (Å²) in [6, 6.07) is 16.6. The van der Waals surface area contributed by atoms with Crippen LogP contribution in [0.1, 0.15) is 5.56 Å². The van der Waals surface area contributed by atoms with Crippen LogP contribution in [-0.2, 0) is 11.3 Å². The van der Waals surface area contributed by atoms with Gasteiger partial charge in [0.05, 0.1) is 0 Å². The highest BCUT2D eigenvalue weighted by Gasteiger charge is 2.17. The lowest BCUT2D eigenvalue weighted by Crippen LogP contribution is -2.27. The molecular formula is C21H17BrN4O2. The fourth-order valence-corrected chi connectivity index (χ4v) is 3.45. The maximum absolute atomic E-state index is 12.7. The van der Waals surface area contributed by atoms with E-state index in [4.69, 9.17) is 4.98 Å². The predicted octanol–water partition coefficient (Wildman–Crippen LogP) is 3.87. The molecule has 0 aliphatic heterocycles. The number of nitrogens with one attached hydrogen (secondary N) is 1. The van der Waals surface area contributed by atoms with Gasteiger partial charge in [-0.25, -0.2) is 4.98 Å². The van der Waals surface area contributed by atoms with Crippen molar-refractivity contribution < 1.29 is 4.79 Å². The van der Waals surface area contributed by atoms with Crippen LogP contribution in [-0.4, -0.2) is 19.9 Å². The highest BCUT2D eigenvalue weighted by Crippen LogP contribution is 2.29. The number of pyridine rings is 2. The van der Waals surface area contributed by atoms with Crippen molar-refractivity contribution in [3.63, 3.8) is 0 Å². The van der Waals surface area contributed by atoms with Crippen molar-refractivity contribution in [2.24, 2.45) is 0 Å². The summed E-state index contributed by atoms with van der Waals surface area (Å²) >= 11 is 3.32. The van der Waals surface area contributed by atoms with Gasteiger partial charge in [-0.05, 0) is 40.5 Å². The molecule has 1 aromatic carbocycles. The summed E-state index contributed by atoms with van der Waals surface area (Å²) in [4.78, 5) is 29.5. The Hall–Kier alpha value is -3.19. The van der Waals surface area contributed by atoms with E-state index >= 15 is 0 Å². The van der Waals surface area contributed by atoms with Crippen LogP contribution in [0.2, 0.25) is 0 Å². The average Bonchev–Trinajstić information content (AvgIpc) is 3.05. The van der Waals surface area contributed by atoms with Crippen molar-refractivity contribution in [2.75, 3.05) is 5.32 Å². The number of rotatable bonds is 4. The molecule has 0 aliphatic carbocycles. The lowest BCUT2D eigenvalue weighted by molar-refractivity contribution is -0.116. The second kappa shape index (κ2) is 7.44. The third kappa shape index (κ3) is 3.48. The zero-order valence-corrected chi connectivity index (χ0v) is 16.7. The van der Waals surface area contributed by atoms with Crippen molar-refractivity contribution in [1.82, 2.24) is 14.0 Å². The number of amides is 1. The number of hydrogen-bond donors (Lipinski definition) is 1. The Morgan fingerprint density at radius 1 is 1.11 bits per heavy atom. The van der Waals surface area contributed by atoms with Gasteiger partial charge in [-0.2, -0.15) is 0 Å². The van der Waals surface area contributed by atoms with Crippen LogP contribution >= 0.6 is 15.9 Å². The first kappa shape index (κ1) is 18.2. The third-order valence-corrected chi connectivity index (χ3v) is 4.88. The van der Waals surface area contributed by atoms with E-state index in [-0.39, 0.29) is 18.0 Å². The molecule has 3 heterocycles. The molecule has 6 nitrogen and oxygen atoms in total. The second-order valence-electron chi connectivity index (χ2n) is 6.42. The number of imidazole rings is 1. The predicted molar refractivity (Wildman–Crippen MR) is 112 cm³/mol. The summed E-state index contributed by atoms with van der Waals surface area (Å²) in [5.41, 5.74) is 3.13. The number of aromatic nitrogens is 3. The van der Waals surface area contributed by atoms with E-state index in [1.165, 1.54) is 10.6 Å². The minimum absolute atomic E-state index is 0.0917. The summed E-state index contributed by atoms with van der Waals surface area (Å²) in [7, 11) is 0. The van der Waals surface area contributed by atoms with Gasteiger partial charge in [0.15, 0.2) is 0 Å². The molecule has 0 unspecified atom stereocenters. The maximum Gasteiger partial charge on any atom is 0.251 e. The van der Waals surface area contributed by atoms with Gasteiger partial charge in [-0.15, -0.1) is 0 Å². The molecular weight excluding hydrogens is 420 g/mol. The molecule has 4 rings (SSSR count). The summed E-state index contributed by atoms with van der Waals surface area (Å²) < 4.78 is 3.95. The molecule has 0 radical (unpaired) electrons. The number of hydrogen-bond acceptors (Lipinski definition) is 3. The lowest BCUT2D eigenvalue weighted by atomic mass is 10.1. The Morgan fingerprint density at radius 3 is 2.68 bits per heavy atom. The molecule has 0 saturated carbocycles. The molecule has 0 spiro atoms. The maximum atomic E-state index is 12.7. The van der Waals surface area contributed by atoms with Gasteiger partial charge >= 0.3 is 0 Å². The van der Waals surface area contributed by atoms with Gasteiger partial charge in [0.1, 0.15) is 23.7 Å². The van der Waals surface area contributed by atoms with E-state index in [9.17, 15) is 9.59 Å². The van der Waals surface area contributed by atoms with Crippen molar-refractivity contribution in [2.45, 2.75) is 13.5 Å². The van der Waals surface area contributed by atoms with Crippen molar-refractivity contribution in [3.8, 4) is 11.3 Å². The third-order valence-electron chi connectivity index (χ3n) is 4.41. The molecule has 140 valence electrons. The molecule has 28 heavy (non-hydrogen) atoms. The number of anilines is 1. The lowest BCUT2D eigenvalue weighted by Gasteiger charge is -2.10. The highest BCUT2D eigenvalue weighted by molar-refractivity contribution is 9.10. The van der Waals surface area contributed by atoms with Gasteiger partial charge in [-0.1, -0.05) is 36.4 Å². The normalized spacial score (nSPS) is 10.9. The molecule has 0 atom stereocenters. The van der Waals surface area contributed by atoms with Crippen LogP contribution in [0, 0.1) is 6.92 Å². The Labute approximate surface area is 169 Å². The second-order valence-corrected chi connectivity index (χ2v) is 7.34. The molecule has 0 fully saturated rings. The zero-order chi connectivity index (χ0) is 19.7. The van der Waals surface area contributed by atoms with Gasteiger partial charge < -0.3 is 9.88 Å². The first-order chi connectivity index (χ1) is 13.5. The number of aryl methyl sites for hydroxylation is 1. The van der Waals surface area contributed by atoms with Gasteiger partial charge in [0.2, 0.25) is 5.91 Å². The summed E-state index contributed by atoms with van der Waals surface area (Å²) in [5, 5.41) is 2.94. The zero-order valence-electron chi connectivity index (χ0n) is 15.1. The largest absolute Gasteiger partial charge is 0.308 e. The van der Waals surface area contributed by atoms with E-state index in [0.717, 1.165) is 21.2 Å². The van der Waals surface area contributed by atoms with E-state index in [0.29, 0.717) is 11.5 Å². The van der Waals surface area contributed by atoms with Crippen molar-refractivity contribution >= 4 is 33.3 Å². The molecule has 4 aromatic rings. The first-order valence-corrected chi connectivity index (χ1v) is 9.51. The smallest absolute Gasteiger partial charge is 0.251 e. The first-order valence-electron chi connectivity index (χ1n) is 8.72. The topological polar surface area (TPSA) is 68.4 Å². The van der Waals surface area contributed by atoms with Crippen LogP contribution < -0.4 is 10.9 Å². The van der Waals surface area contributed by atoms with Gasteiger partial charge in [-0.3, -0.25) is 14.0 Å². The van der Waals surface area contributed by atoms with E-state index in [1.807, 2.05) is 60.0 Å². The van der Waals surface area contributed by atoms with Crippen LogP contribution in [0.5, 0.6) is 0 Å². The molecule has 0 aliphatic rings. The number of halogens is 1. The Morgan fingerprint density at radius 2 is 1.89 bits per heavy atom. The average molecular weight is 437 g/mol. The minimum atomic E-state index is -0.305. The standard InChI is InChI=1S/C21H17BrN4O2/c1-14-6-5-11-26-20(14)24-19(15-7-3-2-4-8-15)21(26)23-17(27)13-25-12-16(22)9-10-18(25)28/h2-12H,13H2,1H3,(H,23,27). The van der Waals surface area contributed by atoms with Gasteiger partial charge in [0.25, 0.3) is 5.56 Å². The SMILES string of the molecule is Cc1cccn2c(NC(=O)Cn3cc(Br)ccc3=O)c(-c3ccccc3)nc12. The summed E-state index contributed by atoms with van der Waals surface area (Å²) in [5.74, 6) is 0.277. The van der Waals surface area contributed by atoms with Crippen molar-refractivity contribution in [1.29, 1.82) is 0 Å². The van der Waals surface area contributed by atoms with Crippen LogP contribution in [0.3, 0.4) is 0 Å². The highest BCUT2D eigenvalue weighted by atomic mass is 79.9. The number of carbonyl (C=O) groups excluding carboxylic acids is 1. The van der Waals surface area contributed by atoms with E-state index < -0.39 is 0 Å². The molecule has 1 amide bonds. The molecule has 1 N–H and O–H groups in total. The summed E-state index contributed by atoms with van der Waals surface area (Å²) in [6.07, 6.45) is 3.46. The number of benzene rings is 1. The van der Waals surface area contributed by atoms with E-state index in [1.54, 1.807) is 12.3 Å². The monoisotopic (exact) mass is 436 g/mol. The minimum Gasteiger partial charge on any atom is -0.308 e. The molecule has 3 aromatic heterocycles. The fourth-order valence-electron chi connectivity index (χ4n) is 3.07. The number of nitrogens with zero attached hydrogens (tertiary/aromatic N) is 3. The number of fused-ring (bicyclic) bond motifs is 1. The molecule has 0 saturated heterocycles. The number of carbonyl (C=O) groups is 1. The molecule has 7 heteroatoms. The fraction of sp³-hybridized carbons (Fsp3) is 0.0952. The van der Waals surface area contributed by atoms with Crippen molar-refractivity contribution in [3.05, 3.63) is 87.4 Å². The van der Waals surface area contributed by atoms with Crippen LogP contribution in [0.15, 0.2) is 76.3 Å². The molecule has 0 bridgehead atoms. The Balaban J connectivity index is 1.75. The van der Waals surface area contributed by atoms with Crippen LogP contribution in [0.4, 0.5) is 5.82 Å². The Kier molecular flexibility index (Phi) is 4.83. The summed E-state index contributed by atoms with van der Waals surface area (Å²) in [6.45, 7) is 1.88. The Bertz CT molecular complexity index is 1230. The van der Waals surface area contributed by atoms with Gasteiger partial charge in [0, 0.05) is 28.5 Å². The van der Waals surface area contributed by atoms with E-state index in [2.05, 4.69) is 21.2 Å². The quantitative estimate of drug-likeness (QED) is 0.527.